The fourth-order valence-electron chi connectivity index (χ4n) is 4.92. The summed E-state index contributed by atoms with van der Waals surface area (Å²) in [6.45, 7) is 11.2. The van der Waals surface area contributed by atoms with Crippen molar-refractivity contribution in [1.29, 1.82) is 0 Å². The largest absolute Gasteiger partial charge is 0.380 e. The highest BCUT2D eigenvalue weighted by atomic mass is 16.5. The summed E-state index contributed by atoms with van der Waals surface area (Å²) in [6, 6.07) is 0. The fraction of sp³-hybridized carbons (Fsp3) is 0.771. The zero-order valence-corrected chi connectivity index (χ0v) is 31.1. The van der Waals surface area contributed by atoms with Gasteiger partial charge in [-0.3, -0.25) is 19.2 Å². The van der Waals surface area contributed by atoms with E-state index in [-0.39, 0.29) is 0 Å². The Hall–Kier alpha value is -3.00. The quantitative estimate of drug-likeness (QED) is 0.0377. The smallest absolute Gasteiger partial charge is 0.253 e. The highest BCUT2D eigenvalue weighted by Crippen LogP contribution is 2.15. The Morgan fingerprint density at radius 2 is 0.654 bits per heavy atom. The maximum absolute atomic E-state index is 12.1. The van der Waals surface area contributed by atoms with Gasteiger partial charge in [-0.15, -0.1) is 0 Å². The van der Waals surface area contributed by atoms with E-state index in [0.29, 0.717) is 154 Å². The number of hydrogen-bond acceptors (Lipinski definition) is 17. The third kappa shape index (κ3) is 18.7. The first-order valence-electron chi connectivity index (χ1n) is 18.6. The summed E-state index contributed by atoms with van der Waals surface area (Å²) in [5.41, 5.74) is 10.2. The number of hydrogen-bond donors (Lipinski definition) is 6. The minimum atomic E-state index is -0.502. The molecule has 0 unspecified atom stereocenters. The van der Waals surface area contributed by atoms with E-state index in [0.717, 1.165) is 38.8 Å². The Bertz CT molecular complexity index is 1230. The van der Waals surface area contributed by atoms with Gasteiger partial charge in [0.2, 0.25) is 0 Å². The van der Waals surface area contributed by atoms with E-state index >= 15 is 0 Å². The number of nitrogens with one attached hydrogen (secondary N) is 4. The second kappa shape index (κ2) is 29.5. The van der Waals surface area contributed by atoms with Gasteiger partial charge in [-0.25, -0.2) is 0 Å². The zero-order chi connectivity index (χ0) is 37.7. The molecule has 0 fully saturated rings. The topological polar surface area (TPSA) is 227 Å². The Morgan fingerprint density at radius 3 is 0.942 bits per heavy atom. The van der Waals surface area contributed by atoms with Crippen LogP contribution in [0.15, 0.2) is 19.2 Å². The summed E-state index contributed by atoms with van der Waals surface area (Å²) in [5.74, 6) is 0. The van der Waals surface area contributed by atoms with Crippen molar-refractivity contribution >= 4 is 22.7 Å². The predicted molar refractivity (Wildman–Crippen MR) is 205 cm³/mol. The van der Waals surface area contributed by atoms with Crippen molar-refractivity contribution in [1.82, 2.24) is 4.90 Å². The van der Waals surface area contributed by atoms with Gasteiger partial charge >= 0.3 is 0 Å². The zero-order valence-electron chi connectivity index (χ0n) is 31.1. The Balaban J connectivity index is 1.47. The summed E-state index contributed by atoms with van der Waals surface area (Å²) in [6.07, 6.45) is 4.58. The first-order valence-corrected chi connectivity index (χ1v) is 18.6. The summed E-state index contributed by atoms with van der Waals surface area (Å²) < 4.78 is 32.7. The second-order valence-electron chi connectivity index (χ2n) is 12.2. The van der Waals surface area contributed by atoms with Gasteiger partial charge < -0.3 is 66.1 Å². The minimum Gasteiger partial charge on any atom is -0.380 e. The average Bonchev–Trinajstić information content (AvgIpc) is 3.15. The van der Waals surface area contributed by atoms with E-state index in [1.54, 1.807) is 0 Å². The lowest BCUT2D eigenvalue weighted by Crippen LogP contribution is -2.38. The normalized spacial score (nSPS) is 11.6. The van der Waals surface area contributed by atoms with Crippen molar-refractivity contribution in [3.8, 4) is 0 Å². The highest BCUT2D eigenvalue weighted by Gasteiger charge is 2.21. The lowest BCUT2D eigenvalue weighted by Gasteiger charge is -2.19. The van der Waals surface area contributed by atoms with E-state index < -0.39 is 21.7 Å². The number of rotatable bonds is 38. The van der Waals surface area contributed by atoms with Crippen LogP contribution in [0.2, 0.25) is 0 Å². The molecule has 0 radical (unpaired) electrons. The maximum atomic E-state index is 12.1. The standard InChI is InChI=1S/C35H63N7O10/c1-42(14-4-10-38-28-30(34(45)32(28)43)40-12-6-18-49-22-26-51-24-20-47-16-2-8-36)15-5-11-39-29-31(35(46)33(29)44)41-13-7-19-50-23-27-52-25-21-48-17-3-9-37/h38-41H,2-27,36-37H2,1H3. The maximum Gasteiger partial charge on any atom is 0.253 e. The fourth-order valence-corrected chi connectivity index (χ4v) is 4.92. The highest BCUT2D eigenvalue weighted by molar-refractivity contribution is 5.74. The number of anilines is 4. The van der Waals surface area contributed by atoms with Crippen molar-refractivity contribution in [3.63, 3.8) is 0 Å². The van der Waals surface area contributed by atoms with Crippen LogP contribution in [0.25, 0.3) is 0 Å². The molecule has 2 rings (SSSR count). The van der Waals surface area contributed by atoms with Crippen molar-refractivity contribution in [3.05, 3.63) is 40.9 Å². The van der Waals surface area contributed by atoms with Gasteiger partial charge in [0, 0.05) is 52.6 Å². The van der Waals surface area contributed by atoms with Crippen LogP contribution in [0.4, 0.5) is 22.7 Å². The first kappa shape index (κ1) is 45.2. The lowest BCUT2D eigenvalue weighted by molar-refractivity contribution is 0.0144. The van der Waals surface area contributed by atoms with E-state index in [1.165, 1.54) is 0 Å². The van der Waals surface area contributed by atoms with Gasteiger partial charge in [0.15, 0.2) is 0 Å². The third-order valence-electron chi connectivity index (χ3n) is 7.87. The summed E-state index contributed by atoms with van der Waals surface area (Å²) in [4.78, 5) is 50.4. The molecule has 0 aliphatic heterocycles. The molecule has 0 heterocycles. The van der Waals surface area contributed by atoms with E-state index in [1.807, 2.05) is 7.05 Å². The van der Waals surface area contributed by atoms with Crippen molar-refractivity contribution in [2.75, 3.05) is 160 Å². The van der Waals surface area contributed by atoms with Crippen LogP contribution in [0.5, 0.6) is 0 Å². The molecule has 8 N–H and O–H groups in total. The van der Waals surface area contributed by atoms with Crippen molar-refractivity contribution < 1.29 is 28.4 Å². The molecule has 17 heteroatoms. The number of nitrogens with two attached hydrogens (primary N) is 2. The predicted octanol–water partition coefficient (Wildman–Crippen LogP) is -0.484. The first-order chi connectivity index (χ1) is 25.4. The van der Waals surface area contributed by atoms with Gasteiger partial charge in [-0.1, -0.05) is 0 Å². The van der Waals surface area contributed by atoms with Gasteiger partial charge in [-0.05, 0) is 71.8 Å². The van der Waals surface area contributed by atoms with Crippen LogP contribution >= 0.6 is 0 Å². The molecule has 0 aliphatic rings. The van der Waals surface area contributed by atoms with Gasteiger partial charge in [0.25, 0.3) is 21.7 Å². The molecule has 0 saturated carbocycles. The van der Waals surface area contributed by atoms with Crippen molar-refractivity contribution in [2.45, 2.75) is 38.5 Å². The Morgan fingerprint density at radius 1 is 0.404 bits per heavy atom. The molecule has 0 spiro atoms. The molecule has 0 aliphatic carbocycles. The molecular weight excluding hydrogens is 678 g/mol. The van der Waals surface area contributed by atoms with Gasteiger partial charge in [0.1, 0.15) is 22.7 Å². The molecule has 0 saturated heterocycles. The molecule has 298 valence electrons. The summed E-state index contributed by atoms with van der Waals surface area (Å²) in [5, 5.41) is 12.3. The molecule has 17 nitrogen and oxygen atoms in total. The SMILES string of the molecule is CN(CCCNc1c(NCCCOCCOCCOCCCN)c(=O)c1=O)CCCNc1c(NCCCOCCOCCOCCCN)c(=O)c1=O. The number of ether oxygens (including phenoxy) is 6. The van der Waals surface area contributed by atoms with Crippen LogP contribution in [-0.2, 0) is 28.4 Å². The lowest BCUT2D eigenvalue weighted by atomic mass is 10.2. The summed E-state index contributed by atoms with van der Waals surface area (Å²) >= 11 is 0. The molecule has 2 aromatic carbocycles. The molecule has 2 aromatic rings. The van der Waals surface area contributed by atoms with Crippen LogP contribution in [-0.4, -0.2) is 144 Å². The van der Waals surface area contributed by atoms with E-state index in [4.69, 9.17) is 39.9 Å². The van der Waals surface area contributed by atoms with Crippen LogP contribution in [0, 0.1) is 0 Å². The molecule has 0 atom stereocenters. The minimum absolute atomic E-state index is 0.334. The third-order valence-corrected chi connectivity index (χ3v) is 7.87. The molecule has 0 amide bonds. The summed E-state index contributed by atoms with van der Waals surface area (Å²) in [7, 11) is 2.00. The average molecular weight is 742 g/mol. The molecule has 0 bridgehead atoms. The van der Waals surface area contributed by atoms with Crippen LogP contribution in [0.1, 0.15) is 38.5 Å². The van der Waals surface area contributed by atoms with E-state index in [2.05, 4.69) is 26.2 Å². The number of nitrogens with zero attached hydrogens (tertiary/aromatic N) is 1. The monoisotopic (exact) mass is 741 g/mol. The van der Waals surface area contributed by atoms with Gasteiger partial charge in [-0.2, -0.15) is 0 Å². The van der Waals surface area contributed by atoms with Crippen LogP contribution < -0.4 is 54.4 Å². The Kier molecular flexibility index (Phi) is 25.6. The van der Waals surface area contributed by atoms with Gasteiger partial charge in [0.05, 0.1) is 52.9 Å². The Labute approximate surface area is 306 Å². The van der Waals surface area contributed by atoms with Crippen molar-refractivity contribution in [2.24, 2.45) is 11.5 Å². The molecule has 52 heavy (non-hydrogen) atoms. The molecular formula is C35H63N7O10. The second-order valence-corrected chi connectivity index (χ2v) is 12.2. The van der Waals surface area contributed by atoms with E-state index in [9.17, 15) is 19.2 Å². The molecule has 0 aromatic heterocycles. The van der Waals surface area contributed by atoms with Crippen LogP contribution in [0.3, 0.4) is 0 Å².